The van der Waals surface area contributed by atoms with Crippen LogP contribution in [0.4, 0.5) is 0 Å². The van der Waals surface area contributed by atoms with Gasteiger partial charge in [-0.05, 0) is 19.1 Å². The Morgan fingerprint density at radius 2 is 2.09 bits per heavy atom. The molecule has 0 aliphatic rings. The van der Waals surface area contributed by atoms with Crippen LogP contribution < -0.4 is 0 Å². The highest BCUT2D eigenvalue weighted by atomic mass is 16.6. The van der Waals surface area contributed by atoms with Gasteiger partial charge in [0, 0.05) is 28.9 Å². The van der Waals surface area contributed by atoms with Crippen LogP contribution in [0.3, 0.4) is 0 Å². The summed E-state index contributed by atoms with van der Waals surface area (Å²) in [6.07, 6.45) is 6.72. The molecule has 0 radical (unpaired) electrons. The van der Waals surface area contributed by atoms with Gasteiger partial charge in [0.05, 0.1) is 5.92 Å². The van der Waals surface area contributed by atoms with Crippen molar-refractivity contribution in [3.8, 4) is 5.69 Å². The van der Waals surface area contributed by atoms with E-state index in [0.29, 0.717) is 5.82 Å². The molecular weight excluding hydrogens is 294 g/mol. The van der Waals surface area contributed by atoms with Gasteiger partial charge in [-0.25, -0.2) is 4.98 Å². The van der Waals surface area contributed by atoms with Crippen LogP contribution in [0.25, 0.3) is 5.69 Å². The highest BCUT2D eigenvalue weighted by Gasteiger charge is 2.29. The van der Waals surface area contributed by atoms with E-state index in [1.165, 1.54) is 0 Å². The number of para-hydroxylation sites is 1. The van der Waals surface area contributed by atoms with Crippen LogP contribution in [0.2, 0.25) is 0 Å². The van der Waals surface area contributed by atoms with Crippen LogP contribution in [0.1, 0.15) is 24.5 Å². The summed E-state index contributed by atoms with van der Waals surface area (Å²) in [5.41, 5.74) is 0.831. The van der Waals surface area contributed by atoms with Gasteiger partial charge in [0.15, 0.2) is 5.82 Å². The van der Waals surface area contributed by atoms with Gasteiger partial charge in [0.2, 0.25) is 12.3 Å². The Kier molecular flexibility index (Phi) is 5.41. The number of ketones is 1. The summed E-state index contributed by atoms with van der Waals surface area (Å²) in [4.78, 5) is 27.3. The Morgan fingerprint density at radius 3 is 2.70 bits per heavy atom. The number of allylic oxidation sites excluding steroid dienone is 1. The van der Waals surface area contributed by atoms with Crippen molar-refractivity contribution in [2.75, 3.05) is 6.54 Å². The van der Waals surface area contributed by atoms with E-state index >= 15 is 0 Å². The molecule has 2 aromatic rings. The molecule has 0 spiro atoms. The fourth-order valence-electron chi connectivity index (χ4n) is 2.49. The largest absolute Gasteiger partial charge is 0.297 e. The third kappa shape index (κ3) is 3.91. The van der Waals surface area contributed by atoms with Gasteiger partial charge < -0.3 is 0 Å². The second-order valence-corrected chi connectivity index (χ2v) is 5.31. The smallest absolute Gasteiger partial charge is 0.210 e. The molecule has 6 nitrogen and oxygen atoms in total. The zero-order valence-corrected chi connectivity index (χ0v) is 13.1. The summed E-state index contributed by atoms with van der Waals surface area (Å²) in [6.45, 7) is 3.22. The average Bonchev–Trinajstić information content (AvgIpc) is 3.03. The number of aromatic nitrogens is 2. The van der Waals surface area contributed by atoms with Gasteiger partial charge in [-0.3, -0.25) is 19.5 Å². The maximum Gasteiger partial charge on any atom is 0.210 e. The van der Waals surface area contributed by atoms with Crippen LogP contribution in [-0.2, 0) is 0 Å². The molecule has 2 atom stereocenters. The summed E-state index contributed by atoms with van der Waals surface area (Å²) in [5.74, 6) is -0.893. The van der Waals surface area contributed by atoms with E-state index in [1.807, 2.05) is 30.3 Å². The van der Waals surface area contributed by atoms with Crippen molar-refractivity contribution in [2.24, 2.45) is 11.8 Å². The number of hydrogen-bond acceptors (Lipinski definition) is 4. The van der Waals surface area contributed by atoms with Crippen molar-refractivity contribution < 1.29 is 9.72 Å². The van der Waals surface area contributed by atoms with Gasteiger partial charge in [0.1, 0.15) is 0 Å². The van der Waals surface area contributed by atoms with Crippen LogP contribution >= 0.6 is 0 Å². The second kappa shape index (κ2) is 7.49. The van der Waals surface area contributed by atoms with Crippen molar-refractivity contribution in [1.82, 2.24) is 9.55 Å². The average molecular weight is 313 g/mol. The van der Waals surface area contributed by atoms with E-state index in [-0.39, 0.29) is 12.3 Å². The molecule has 0 unspecified atom stereocenters. The molecule has 120 valence electrons. The molecular formula is C17H19N3O3. The third-order valence-corrected chi connectivity index (χ3v) is 3.75. The van der Waals surface area contributed by atoms with E-state index in [2.05, 4.69) is 4.98 Å². The van der Waals surface area contributed by atoms with Gasteiger partial charge in [-0.1, -0.05) is 37.3 Å². The minimum atomic E-state index is -0.526. The van der Waals surface area contributed by atoms with Crippen molar-refractivity contribution >= 4 is 5.78 Å². The van der Waals surface area contributed by atoms with Gasteiger partial charge in [0.25, 0.3) is 0 Å². The number of benzene rings is 1. The fourth-order valence-corrected chi connectivity index (χ4v) is 2.49. The SMILES string of the molecule is C/C=C\[C@H](C[N+](=O)[O-])[C@H](C)C(=O)c1nccn1-c1ccccc1. The van der Waals surface area contributed by atoms with Crippen LogP contribution in [0.15, 0.2) is 54.9 Å². The number of rotatable bonds is 7. The lowest BCUT2D eigenvalue weighted by molar-refractivity contribution is -0.486. The normalized spacial score (nSPS) is 13.8. The Bertz CT molecular complexity index is 707. The zero-order chi connectivity index (χ0) is 16.8. The highest BCUT2D eigenvalue weighted by Crippen LogP contribution is 2.20. The summed E-state index contributed by atoms with van der Waals surface area (Å²) in [5, 5.41) is 10.8. The maximum atomic E-state index is 12.8. The molecule has 6 heteroatoms. The Balaban J connectivity index is 2.30. The highest BCUT2D eigenvalue weighted by molar-refractivity contribution is 5.95. The Morgan fingerprint density at radius 1 is 1.39 bits per heavy atom. The number of nitrogens with zero attached hydrogens (tertiary/aromatic N) is 3. The molecule has 0 amide bonds. The summed E-state index contributed by atoms with van der Waals surface area (Å²) in [6, 6.07) is 9.40. The van der Waals surface area contributed by atoms with E-state index in [4.69, 9.17) is 0 Å². The first-order chi connectivity index (χ1) is 11.0. The number of nitro groups is 1. The molecule has 0 N–H and O–H groups in total. The molecule has 0 bridgehead atoms. The zero-order valence-electron chi connectivity index (χ0n) is 13.1. The molecule has 1 heterocycles. The van der Waals surface area contributed by atoms with E-state index in [9.17, 15) is 14.9 Å². The first kappa shape index (κ1) is 16.6. The van der Waals surface area contributed by atoms with Crippen molar-refractivity contribution in [3.63, 3.8) is 0 Å². The van der Waals surface area contributed by atoms with E-state index in [1.54, 1.807) is 43.0 Å². The summed E-state index contributed by atoms with van der Waals surface area (Å²) >= 11 is 0. The van der Waals surface area contributed by atoms with E-state index in [0.717, 1.165) is 5.69 Å². The molecule has 0 fully saturated rings. The minimum absolute atomic E-state index is 0.205. The van der Waals surface area contributed by atoms with Crippen LogP contribution in [0, 0.1) is 22.0 Å². The standard InChI is InChI=1S/C17H19N3O3/c1-3-7-14(12-20(22)23)13(2)16(21)17-18-10-11-19(17)15-8-5-4-6-9-15/h3-11,13-14H,12H2,1-2H3/b7-3-/t13-,14+/m0/s1. The molecule has 0 aliphatic carbocycles. The maximum absolute atomic E-state index is 12.8. The third-order valence-electron chi connectivity index (χ3n) is 3.75. The first-order valence-corrected chi connectivity index (χ1v) is 7.42. The Hall–Kier alpha value is -2.76. The van der Waals surface area contributed by atoms with Gasteiger partial charge >= 0.3 is 0 Å². The molecule has 0 aliphatic heterocycles. The minimum Gasteiger partial charge on any atom is -0.297 e. The molecule has 23 heavy (non-hydrogen) atoms. The molecule has 1 aromatic heterocycles. The number of Topliss-reactive ketones (excluding diaryl/α,β-unsaturated/α-hetero) is 1. The van der Waals surface area contributed by atoms with Crippen LogP contribution in [0.5, 0.6) is 0 Å². The lowest BCUT2D eigenvalue weighted by atomic mass is 9.89. The van der Waals surface area contributed by atoms with Crippen LogP contribution in [-0.4, -0.2) is 26.8 Å². The predicted octanol–water partition coefficient (Wildman–Crippen LogP) is 3.16. The summed E-state index contributed by atoms with van der Waals surface area (Å²) in [7, 11) is 0. The quantitative estimate of drug-likeness (QED) is 0.340. The monoisotopic (exact) mass is 313 g/mol. The number of imidazole rings is 1. The number of hydrogen-bond donors (Lipinski definition) is 0. The second-order valence-electron chi connectivity index (χ2n) is 5.31. The first-order valence-electron chi connectivity index (χ1n) is 7.42. The summed E-state index contributed by atoms with van der Waals surface area (Å²) < 4.78 is 1.71. The van der Waals surface area contributed by atoms with Crippen molar-refractivity contribution in [3.05, 3.63) is 70.8 Å². The van der Waals surface area contributed by atoms with Crippen molar-refractivity contribution in [2.45, 2.75) is 13.8 Å². The molecule has 1 aromatic carbocycles. The molecule has 0 saturated heterocycles. The van der Waals surface area contributed by atoms with Gasteiger partial charge in [-0.15, -0.1) is 0 Å². The number of carbonyl (C=O) groups excluding carboxylic acids is 1. The fraction of sp³-hybridized carbons (Fsp3) is 0.294. The molecule has 2 rings (SSSR count). The van der Waals surface area contributed by atoms with Crippen molar-refractivity contribution in [1.29, 1.82) is 0 Å². The predicted molar refractivity (Wildman–Crippen MR) is 87.2 cm³/mol. The number of carbonyl (C=O) groups is 1. The Labute approximate surface area is 134 Å². The molecule has 0 saturated carbocycles. The van der Waals surface area contributed by atoms with E-state index < -0.39 is 16.8 Å². The lowest BCUT2D eigenvalue weighted by Crippen LogP contribution is -2.27. The lowest BCUT2D eigenvalue weighted by Gasteiger charge is -2.16. The topological polar surface area (TPSA) is 78.0 Å². The van der Waals surface area contributed by atoms with Gasteiger partial charge in [-0.2, -0.15) is 0 Å².